The highest BCUT2D eigenvalue weighted by molar-refractivity contribution is 4.97. The van der Waals surface area contributed by atoms with Crippen LogP contribution in [0.5, 0.6) is 0 Å². The summed E-state index contributed by atoms with van der Waals surface area (Å²) in [6, 6.07) is -0.810. The first-order valence-corrected chi connectivity index (χ1v) is 13.5. The third-order valence-electron chi connectivity index (χ3n) is 7.02. The van der Waals surface area contributed by atoms with Crippen molar-refractivity contribution in [2.24, 2.45) is 0 Å². The van der Waals surface area contributed by atoms with E-state index in [0.29, 0.717) is 0 Å². The first-order valence-electron chi connectivity index (χ1n) is 13.5. The standard InChI is InChI=1S/C26H53NO4/c1-2-3-4-5-6-7-8-9-10-11-12-13-14-15-16-17-18-19-20-22-24(29)26(31)25(30)23(21-28)27-22/h22-31H,2-21H2,1H3/t22?,23-,24+,25-,26-/m1/s1. The van der Waals surface area contributed by atoms with Crippen molar-refractivity contribution >= 4 is 0 Å². The Balaban J connectivity index is 1.84. The zero-order valence-corrected chi connectivity index (χ0v) is 20.3. The highest BCUT2D eigenvalue weighted by atomic mass is 16.4. The van der Waals surface area contributed by atoms with Crippen LogP contribution in [0, 0.1) is 0 Å². The van der Waals surface area contributed by atoms with E-state index < -0.39 is 24.4 Å². The van der Waals surface area contributed by atoms with Gasteiger partial charge in [-0.2, -0.15) is 0 Å². The summed E-state index contributed by atoms with van der Waals surface area (Å²) in [5.74, 6) is 0. The number of rotatable bonds is 20. The zero-order valence-electron chi connectivity index (χ0n) is 20.3. The third kappa shape index (κ3) is 13.2. The van der Waals surface area contributed by atoms with Crippen LogP contribution in [0.3, 0.4) is 0 Å². The number of piperidine rings is 1. The molecule has 1 heterocycles. The lowest BCUT2D eigenvalue weighted by atomic mass is 9.88. The average Bonchev–Trinajstić information content (AvgIpc) is 2.78. The van der Waals surface area contributed by atoms with Gasteiger partial charge in [-0.15, -0.1) is 0 Å². The van der Waals surface area contributed by atoms with Crippen molar-refractivity contribution in [3.05, 3.63) is 0 Å². The van der Waals surface area contributed by atoms with E-state index in [-0.39, 0.29) is 12.6 Å². The maximum Gasteiger partial charge on any atom is 0.109 e. The normalized spacial score (nSPS) is 26.4. The molecule has 5 heteroatoms. The summed E-state index contributed by atoms with van der Waals surface area (Å²) in [4.78, 5) is 0. The Morgan fingerprint density at radius 3 is 1.23 bits per heavy atom. The molecule has 1 aliphatic heterocycles. The van der Waals surface area contributed by atoms with Gasteiger partial charge < -0.3 is 25.7 Å². The molecule has 5 atom stereocenters. The topological polar surface area (TPSA) is 93.0 Å². The molecule has 0 spiro atoms. The first kappa shape index (κ1) is 28.8. The molecule has 1 aliphatic rings. The highest BCUT2D eigenvalue weighted by Crippen LogP contribution is 2.20. The average molecular weight is 444 g/mol. The molecule has 1 fully saturated rings. The molecule has 31 heavy (non-hydrogen) atoms. The second-order valence-electron chi connectivity index (χ2n) is 9.83. The molecule has 186 valence electrons. The summed E-state index contributed by atoms with van der Waals surface area (Å²) in [5.41, 5.74) is 0. The van der Waals surface area contributed by atoms with E-state index in [4.69, 9.17) is 0 Å². The van der Waals surface area contributed by atoms with E-state index in [1.54, 1.807) is 0 Å². The van der Waals surface area contributed by atoms with Crippen LogP contribution in [0.15, 0.2) is 0 Å². The lowest BCUT2D eigenvalue weighted by molar-refractivity contribution is -0.120. The Kier molecular flexibility index (Phi) is 17.9. The summed E-state index contributed by atoms with van der Waals surface area (Å²) in [7, 11) is 0. The molecule has 0 radical (unpaired) electrons. The molecule has 1 unspecified atom stereocenters. The number of nitrogens with one attached hydrogen (secondary N) is 1. The quantitative estimate of drug-likeness (QED) is 0.174. The molecule has 0 amide bonds. The van der Waals surface area contributed by atoms with Gasteiger partial charge in [-0.3, -0.25) is 0 Å². The molecule has 0 bridgehead atoms. The zero-order chi connectivity index (χ0) is 22.7. The first-order chi connectivity index (χ1) is 15.1. The van der Waals surface area contributed by atoms with E-state index >= 15 is 0 Å². The van der Waals surface area contributed by atoms with Crippen LogP contribution in [0.4, 0.5) is 0 Å². The van der Waals surface area contributed by atoms with Crippen molar-refractivity contribution in [2.75, 3.05) is 6.61 Å². The second kappa shape index (κ2) is 19.3. The van der Waals surface area contributed by atoms with Crippen molar-refractivity contribution in [3.63, 3.8) is 0 Å². The molecule has 0 saturated carbocycles. The van der Waals surface area contributed by atoms with E-state index in [0.717, 1.165) is 19.3 Å². The fourth-order valence-corrected chi connectivity index (χ4v) is 4.83. The predicted octanol–water partition coefficient (Wildman–Crippen LogP) is 4.83. The minimum atomic E-state index is -1.18. The number of hydrogen-bond donors (Lipinski definition) is 5. The van der Waals surface area contributed by atoms with Gasteiger partial charge in [0.2, 0.25) is 0 Å². The Hall–Kier alpha value is -0.200. The minimum Gasteiger partial charge on any atom is -0.395 e. The number of aliphatic hydroxyl groups excluding tert-OH is 4. The van der Waals surface area contributed by atoms with Crippen LogP contribution in [0.1, 0.15) is 129 Å². The van der Waals surface area contributed by atoms with Crippen LogP contribution >= 0.6 is 0 Å². The number of unbranched alkanes of at least 4 members (excludes halogenated alkanes) is 17. The van der Waals surface area contributed by atoms with Crippen LogP contribution in [-0.4, -0.2) is 57.4 Å². The van der Waals surface area contributed by atoms with E-state index in [1.807, 2.05) is 0 Å². The van der Waals surface area contributed by atoms with Crippen LogP contribution in [0.2, 0.25) is 0 Å². The summed E-state index contributed by atoms with van der Waals surface area (Å²) >= 11 is 0. The van der Waals surface area contributed by atoms with Crippen molar-refractivity contribution in [3.8, 4) is 0 Å². The van der Waals surface area contributed by atoms with Gasteiger partial charge in [0.25, 0.3) is 0 Å². The minimum absolute atomic E-state index is 0.236. The van der Waals surface area contributed by atoms with Crippen molar-refractivity contribution in [2.45, 2.75) is 159 Å². The molecule has 0 aromatic carbocycles. The molecular weight excluding hydrogens is 390 g/mol. The van der Waals surface area contributed by atoms with Gasteiger partial charge in [0.05, 0.1) is 24.9 Å². The van der Waals surface area contributed by atoms with Gasteiger partial charge in [-0.25, -0.2) is 0 Å². The Morgan fingerprint density at radius 1 is 0.484 bits per heavy atom. The monoisotopic (exact) mass is 443 g/mol. The predicted molar refractivity (Wildman–Crippen MR) is 129 cm³/mol. The smallest absolute Gasteiger partial charge is 0.109 e. The van der Waals surface area contributed by atoms with Gasteiger partial charge in [-0.05, 0) is 6.42 Å². The lowest BCUT2D eigenvalue weighted by Crippen LogP contribution is -2.65. The summed E-state index contributed by atoms with van der Waals surface area (Å²) in [6.45, 7) is 2.04. The molecule has 0 aliphatic carbocycles. The van der Waals surface area contributed by atoms with Crippen LogP contribution < -0.4 is 5.32 Å². The lowest BCUT2D eigenvalue weighted by Gasteiger charge is -2.41. The molecular formula is C26H53NO4. The number of hydrogen-bond acceptors (Lipinski definition) is 5. The van der Waals surface area contributed by atoms with E-state index in [2.05, 4.69) is 12.2 Å². The molecule has 0 aromatic heterocycles. The van der Waals surface area contributed by atoms with Gasteiger partial charge >= 0.3 is 0 Å². The van der Waals surface area contributed by atoms with Crippen molar-refractivity contribution < 1.29 is 20.4 Å². The fourth-order valence-electron chi connectivity index (χ4n) is 4.83. The van der Waals surface area contributed by atoms with Crippen molar-refractivity contribution in [1.82, 2.24) is 5.32 Å². The van der Waals surface area contributed by atoms with E-state index in [9.17, 15) is 20.4 Å². The Labute approximate surface area is 192 Å². The van der Waals surface area contributed by atoms with Crippen LogP contribution in [0.25, 0.3) is 0 Å². The molecule has 0 aromatic rings. The fraction of sp³-hybridized carbons (Fsp3) is 1.00. The van der Waals surface area contributed by atoms with E-state index in [1.165, 1.54) is 103 Å². The largest absolute Gasteiger partial charge is 0.395 e. The summed E-state index contributed by atoms with van der Waals surface area (Å²) < 4.78 is 0. The summed E-state index contributed by atoms with van der Waals surface area (Å²) in [6.07, 6.45) is 21.7. The van der Waals surface area contributed by atoms with Crippen LogP contribution in [-0.2, 0) is 0 Å². The molecule has 5 nitrogen and oxygen atoms in total. The van der Waals surface area contributed by atoms with Gasteiger partial charge in [-0.1, -0.05) is 122 Å². The summed E-state index contributed by atoms with van der Waals surface area (Å²) in [5, 5.41) is 42.2. The second-order valence-corrected chi connectivity index (χ2v) is 9.83. The maximum absolute atomic E-state index is 10.1. The Morgan fingerprint density at radius 2 is 0.839 bits per heavy atom. The maximum atomic E-state index is 10.1. The Bertz CT molecular complexity index is 394. The van der Waals surface area contributed by atoms with Crippen molar-refractivity contribution in [1.29, 1.82) is 0 Å². The third-order valence-corrected chi connectivity index (χ3v) is 7.02. The highest BCUT2D eigenvalue weighted by Gasteiger charge is 2.41. The number of aliphatic hydroxyl groups is 4. The molecule has 1 saturated heterocycles. The van der Waals surface area contributed by atoms with Gasteiger partial charge in [0.1, 0.15) is 6.10 Å². The molecule has 1 rings (SSSR count). The SMILES string of the molecule is CCCCCCCCCCCCCCCCCCCCC1N[C@H](CO)[C@@H](O)[C@H](O)[C@H]1O. The van der Waals surface area contributed by atoms with Gasteiger partial charge in [0.15, 0.2) is 0 Å². The van der Waals surface area contributed by atoms with Gasteiger partial charge in [0, 0.05) is 6.04 Å². The molecule has 5 N–H and O–H groups in total.